The van der Waals surface area contributed by atoms with Crippen LogP contribution in [0.5, 0.6) is 28.7 Å². The van der Waals surface area contributed by atoms with Crippen LogP contribution in [-0.2, 0) is 22.2 Å². The van der Waals surface area contributed by atoms with E-state index in [4.69, 9.17) is 26.2 Å². The molecule has 0 amide bonds. The van der Waals surface area contributed by atoms with Crippen molar-refractivity contribution in [3.8, 4) is 28.7 Å². The van der Waals surface area contributed by atoms with Crippen molar-refractivity contribution in [3.05, 3.63) is 70.7 Å². The lowest BCUT2D eigenvalue weighted by atomic mass is 10.2. The summed E-state index contributed by atoms with van der Waals surface area (Å²) in [6.07, 6.45) is -7.98. The molecule has 3 aromatic rings. The van der Waals surface area contributed by atoms with Crippen LogP contribution in [0.2, 0.25) is 5.02 Å². The minimum absolute atomic E-state index is 0.00157. The Morgan fingerprint density at radius 3 is 1.65 bits per heavy atom. The van der Waals surface area contributed by atoms with Gasteiger partial charge >= 0.3 is 12.4 Å². The molecule has 0 aromatic heterocycles. The highest BCUT2D eigenvalue weighted by molar-refractivity contribution is 7.90. The van der Waals surface area contributed by atoms with Gasteiger partial charge in [-0.25, -0.2) is 8.42 Å². The fourth-order valence-corrected chi connectivity index (χ4v) is 3.64. The minimum atomic E-state index is -4.55. The molecule has 1 N–H and O–H groups in total. The summed E-state index contributed by atoms with van der Waals surface area (Å²) < 4.78 is 112. The number of phenolic OH excluding ortho intramolecular Hbond substituents is 1. The van der Waals surface area contributed by atoms with E-state index in [0.29, 0.717) is 6.07 Å². The van der Waals surface area contributed by atoms with Crippen molar-refractivity contribution in [1.82, 2.24) is 0 Å². The molecule has 6 nitrogen and oxygen atoms in total. The van der Waals surface area contributed by atoms with Crippen LogP contribution in [0, 0.1) is 0 Å². The van der Waals surface area contributed by atoms with E-state index >= 15 is 0 Å². The Hall–Kier alpha value is -3.32. The predicted molar refractivity (Wildman–Crippen MR) is 122 cm³/mol. The molecule has 0 unspecified atom stereocenters. The second-order valence-corrected chi connectivity index (χ2v) is 9.64. The van der Waals surface area contributed by atoms with Crippen LogP contribution in [0.15, 0.2) is 59.5 Å². The van der Waals surface area contributed by atoms with Crippen LogP contribution in [0.3, 0.4) is 0 Å². The van der Waals surface area contributed by atoms with Crippen molar-refractivity contribution >= 4 is 21.4 Å². The minimum Gasteiger partial charge on any atom is -0.504 e. The molecule has 202 valence electrons. The molecule has 14 heteroatoms. The Labute approximate surface area is 212 Å². The number of hydrogen-bond acceptors (Lipinski definition) is 6. The van der Waals surface area contributed by atoms with Crippen molar-refractivity contribution in [2.45, 2.75) is 17.2 Å². The number of halogens is 7. The summed E-state index contributed by atoms with van der Waals surface area (Å²) in [5.74, 6) is -0.611. The Morgan fingerprint density at radius 1 is 0.730 bits per heavy atom. The molecule has 0 aliphatic rings. The van der Waals surface area contributed by atoms with Gasteiger partial charge in [0.25, 0.3) is 0 Å². The smallest absolute Gasteiger partial charge is 0.416 e. The van der Waals surface area contributed by atoms with Crippen LogP contribution in [-0.4, -0.2) is 34.0 Å². The highest BCUT2D eigenvalue weighted by atomic mass is 35.5. The highest BCUT2D eigenvalue weighted by Gasteiger charge is 2.32. The van der Waals surface area contributed by atoms with E-state index in [9.17, 15) is 34.8 Å². The molecule has 0 fully saturated rings. The van der Waals surface area contributed by atoms with Gasteiger partial charge in [0.2, 0.25) is 0 Å². The summed E-state index contributed by atoms with van der Waals surface area (Å²) in [5.41, 5.74) is -1.81. The molecule has 3 rings (SSSR count). The second-order valence-electron chi connectivity index (χ2n) is 7.21. The first-order valence-corrected chi connectivity index (χ1v) is 12.1. The number of methoxy groups -OCH3 is 2. The van der Waals surface area contributed by atoms with E-state index in [2.05, 4.69) is 4.74 Å². The summed E-state index contributed by atoms with van der Waals surface area (Å²) in [6, 6.07) is 8.97. The lowest BCUT2D eigenvalue weighted by Gasteiger charge is -2.14. The van der Waals surface area contributed by atoms with Gasteiger partial charge in [-0.3, -0.25) is 0 Å². The van der Waals surface area contributed by atoms with E-state index in [0.717, 1.165) is 42.7 Å². The molecule has 0 aliphatic carbocycles. The second kappa shape index (κ2) is 11.4. The van der Waals surface area contributed by atoms with Gasteiger partial charge < -0.3 is 19.3 Å². The Bertz CT molecular complexity index is 1360. The maximum atomic E-state index is 12.8. The molecular formula is C23H19ClF6O6S. The summed E-state index contributed by atoms with van der Waals surface area (Å²) in [7, 11) is -0.920. The molecule has 3 aromatic carbocycles. The average molecular weight is 573 g/mol. The molecular weight excluding hydrogens is 554 g/mol. The van der Waals surface area contributed by atoms with Gasteiger partial charge in [0.15, 0.2) is 32.8 Å². The normalized spacial score (nSPS) is 11.8. The Balaban J connectivity index is 0.000000312. The van der Waals surface area contributed by atoms with Gasteiger partial charge in [0, 0.05) is 6.26 Å². The first-order chi connectivity index (χ1) is 17.0. The zero-order chi connectivity index (χ0) is 28.2. The fraction of sp³-hybridized carbons (Fsp3) is 0.217. The van der Waals surface area contributed by atoms with Crippen LogP contribution in [0.25, 0.3) is 0 Å². The molecule has 37 heavy (non-hydrogen) atoms. The van der Waals surface area contributed by atoms with Gasteiger partial charge in [-0.15, -0.1) is 0 Å². The van der Waals surface area contributed by atoms with Gasteiger partial charge in [0.05, 0.1) is 35.3 Å². The van der Waals surface area contributed by atoms with Crippen molar-refractivity contribution in [3.63, 3.8) is 0 Å². The van der Waals surface area contributed by atoms with Crippen molar-refractivity contribution in [2.24, 2.45) is 0 Å². The average Bonchev–Trinajstić information content (AvgIpc) is 2.78. The SMILES string of the molecule is COc1ccc(C(F)(F)F)cc1O.COc1ccc(C(F)(F)F)cc1Oc1ccc(S(C)(=O)=O)cc1Cl. The number of hydrogen-bond donors (Lipinski definition) is 1. The summed E-state index contributed by atoms with van der Waals surface area (Å²) >= 11 is 5.96. The monoisotopic (exact) mass is 572 g/mol. The molecule has 0 atom stereocenters. The fourth-order valence-electron chi connectivity index (χ4n) is 2.71. The standard InChI is InChI=1S/C15H12ClF3O4S.C8H7F3O2/c1-22-13-5-3-9(15(17,18)19)7-14(13)23-12-6-4-10(8-11(12)16)24(2,20)21;1-13-7-3-2-5(4-6(7)12)8(9,10)11/h3-8H,1-2H3;2-4,12H,1H3. The lowest BCUT2D eigenvalue weighted by Crippen LogP contribution is -2.05. The number of benzene rings is 3. The molecule has 0 bridgehead atoms. The zero-order valence-electron chi connectivity index (χ0n) is 19.2. The molecule has 0 radical (unpaired) electrons. The first-order valence-electron chi connectivity index (χ1n) is 9.84. The number of phenols is 1. The third kappa shape index (κ3) is 8.09. The summed E-state index contributed by atoms with van der Waals surface area (Å²) in [6.45, 7) is 0. The highest BCUT2D eigenvalue weighted by Crippen LogP contribution is 2.40. The van der Waals surface area contributed by atoms with Gasteiger partial charge in [0.1, 0.15) is 5.75 Å². The van der Waals surface area contributed by atoms with E-state index < -0.39 is 39.1 Å². The molecule has 0 spiro atoms. The Kier molecular flexibility index (Phi) is 9.20. The molecule has 0 saturated carbocycles. The van der Waals surface area contributed by atoms with Crippen LogP contribution >= 0.6 is 11.6 Å². The largest absolute Gasteiger partial charge is 0.504 e. The maximum Gasteiger partial charge on any atom is 0.416 e. The van der Waals surface area contributed by atoms with Crippen LogP contribution in [0.4, 0.5) is 26.3 Å². The first kappa shape index (κ1) is 29.9. The van der Waals surface area contributed by atoms with Gasteiger partial charge in [-0.2, -0.15) is 26.3 Å². The molecule has 0 heterocycles. The van der Waals surface area contributed by atoms with Crippen molar-refractivity contribution < 1.29 is 54.1 Å². The zero-order valence-corrected chi connectivity index (χ0v) is 20.8. The molecule has 0 aliphatic heterocycles. The van der Waals surface area contributed by atoms with E-state index in [1.807, 2.05) is 0 Å². The Morgan fingerprint density at radius 2 is 1.22 bits per heavy atom. The quantitative estimate of drug-likeness (QED) is 0.332. The third-order valence-electron chi connectivity index (χ3n) is 4.55. The number of aromatic hydroxyl groups is 1. The van der Waals surface area contributed by atoms with Crippen molar-refractivity contribution in [1.29, 1.82) is 0 Å². The maximum absolute atomic E-state index is 12.8. The van der Waals surface area contributed by atoms with Gasteiger partial charge in [-0.1, -0.05) is 11.6 Å². The number of ether oxygens (including phenoxy) is 3. The number of rotatable bonds is 5. The van der Waals surface area contributed by atoms with Crippen LogP contribution < -0.4 is 14.2 Å². The van der Waals surface area contributed by atoms with Gasteiger partial charge in [-0.05, 0) is 54.6 Å². The number of alkyl halides is 6. The van der Waals surface area contributed by atoms with E-state index in [1.165, 1.54) is 26.4 Å². The van der Waals surface area contributed by atoms with E-state index in [1.54, 1.807) is 0 Å². The number of sulfone groups is 1. The van der Waals surface area contributed by atoms with E-state index in [-0.39, 0.29) is 32.9 Å². The van der Waals surface area contributed by atoms with Crippen LogP contribution in [0.1, 0.15) is 11.1 Å². The molecule has 0 saturated heterocycles. The summed E-state index contributed by atoms with van der Waals surface area (Å²) in [5, 5.41) is 8.97. The summed E-state index contributed by atoms with van der Waals surface area (Å²) in [4.78, 5) is -0.0316. The van der Waals surface area contributed by atoms with Crippen molar-refractivity contribution in [2.75, 3.05) is 20.5 Å². The topological polar surface area (TPSA) is 82.1 Å². The predicted octanol–water partition coefficient (Wildman–Crippen LogP) is 6.98. The third-order valence-corrected chi connectivity index (χ3v) is 5.95. The lowest BCUT2D eigenvalue weighted by molar-refractivity contribution is -0.138.